The van der Waals surface area contributed by atoms with Gasteiger partial charge in [-0.05, 0) is 41.8 Å². The van der Waals surface area contributed by atoms with E-state index in [1.165, 1.54) is 0 Å². The van der Waals surface area contributed by atoms with Crippen molar-refractivity contribution >= 4 is 17.6 Å². The zero-order chi connectivity index (χ0) is 17.1. The van der Waals surface area contributed by atoms with Crippen molar-refractivity contribution < 1.29 is 19.4 Å². The van der Waals surface area contributed by atoms with Crippen LogP contribution in [-0.2, 0) is 22.4 Å². The minimum Gasteiger partial charge on any atom is -0.493 e. The maximum Gasteiger partial charge on any atom is 0.310 e. The van der Waals surface area contributed by atoms with Gasteiger partial charge < -0.3 is 15.2 Å². The number of nitrogens with one attached hydrogen (secondary N) is 1. The number of anilines is 1. The quantitative estimate of drug-likeness (QED) is 0.886. The Kier molecular flexibility index (Phi) is 4.51. The molecule has 0 bridgehead atoms. The van der Waals surface area contributed by atoms with Crippen LogP contribution in [0.15, 0.2) is 42.5 Å². The fraction of sp³-hybridized carbons (Fsp3) is 0.263. The monoisotopic (exact) mass is 325 g/mol. The highest BCUT2D eigenvalue weighted by Gasteiger charge is 2.15. The number of hydrogen-bond donors (Lipinski definition) is 2. The molecule has 0 aliphatic carbocycles. The molecule has 1 aliphatic rings. The minimum atomic E-state index is -0.890. The van der Waals surface area contributed by atoms with Crippen molar-refractivity contribution in [2.24, 2.45) is 0 Å². The fourth-order valence-electron chi connectivity index (χ4n) is 2.77. The Morgan fingerprint density at radius 1 is 1.25 bits per heavy atom. The first-order valence-electron chi connectivity index (χ1n) is 7.90. The molecule has 1 atom stereocenters. The second-order valence-electron chi connectivity index (χ2n) is 5.95. The molecular formula is C19H19NO4. The molecule has 0 radical (unpaired) electrons. The van der Waals surface area contributed by atoms with Crippen molar-refractivity contribution in [3.05, 3.63) is 59.2 Å². The van der Waals surface area contributed by atoms with Gasteiger partial charge in [-0.15, -0.1) is 0 Å². The van der Waals surface area contributed by atoms with E-state index in [2.05, 4.69) is 5.32 Å². The first-order valence-corrected chi connectivity index (χ1v) is 7.90. The molecule has 2 aromatic rings. The molecule has 0 fully saturated rings. The summed E-state index contributed by atoms with van der Waals surface area (Å²) < 4.78 is 5.46. The van der Waals surface area contributed by atoms with Gasteiger partial charge in [0.05, 0.1) is 18.9 Å². The molecule has 1 amide bonds. The lowest BCUT2D eigenvalue weighted by Crippen LogP contribution is -2.15. The summed E-state index contributed by atoms with van der Waals surface area (Å²) in [7, 11) is 0. The third kappa shape index (κ3) is 3.56. The third-order valence-electron chi connectivity index (χ3n) is 4.16. The molecule has 2 N–H and O–H groups in total. The largest absolute Gasteiger partial charge is 0.493 e. The average Bonchev–Trinajstić information content (AvgIpc) is 3.01. The smallest absolute Gasteiger partial charge is 0.310 e. The number of amides is 1. The molecule has 0 saturated heterocycles. The van der Waals surface area contributed by atoms with E-state index in [0.29, 0.717) is 17.9 Å². The number of rotatable bonds is 5. The van der Waals surface area contributed by atoms with Crippen LogP contribution in [-0.4, -0.2) is 23.6 Å². The zero-order valence-electron chi connectivity index (χ0n) is 13.4. The maximum atomic E-state index is 12.2. The molecule has 5 heteroatoms. The first kappa shape index (κ1) is 16.1. The highest BCUT2D eigenvalue weighted by atomic mass is 16.5. The second kappa shape index (κ2) is 6.74. The first-order chi connectivity index (χ1) is 11.5. The second-order valence-corrected chi connectivity index (χ2v) is 5.95. The van der Waals surface area contributed by atoms with Crippen molar-refractivity contribution in [2.45, 2.75) is 25.7 Å². The van der Waals surface area contributed by atoms with E-state index < -0.39 is 11.9 Å². The molecule has 124 valence electrons. The van der Waals surface area contributed by atoms with Crippen LogP contribution >= 0.6 is 0 Å². The molecule has 2 aromatic carbocycles. The van der Waals surface area contributed by atoms with Gasteiger partial charge >= 0.3 is 5.97 Å². The minimum absolute atomic E-state index is 0.131. The summed E-state index contributed by atoms with van der Waals surface area (Å²) in [6.07, 6.45) is 1.14. The number of fused-ring (bicyclic) bond motifs is 1. The molecule has 0 aromatic heterocycles. The van der Waals surface area contributed by atoms with Crippen LogP contribution < -0.4 is 10.1 Å². The number of hydrogen-bond acceptors (Lipinski definition) is 3. The Morgan fingerprint density at radius 2 is 2.08 bits per heavy atom. The number of carbonyl (C=O) groups is 2. The zero-order valence-corrected chi connectivity index (χ0v) is 13.4. The molecule has 1 unspecified atom stereocenters. The van der Waals surface area contributed by atoms with Gasteiger partial charge in [-0.2, -0.15) is 0 Å². The van der Waals surface area contributed by atoms with Gasteiger partial charge in [0, 0.05) is 12.1 Å². The number of carboxylic acids is 1. The normalized spacial score (nSPS) is 13.7. The lowest BCUT2D eigenvalue weighted by Gasteiger charge is -2.10. The van der Waals surface area contributed by atoms with E-state index in [-0.39, 0.29) is 12.3 Å². The van der Waals surface area contributed by atoms with Crippen LogP contribution in [0.5, 0.6) is 5.75 Å². The van der Waals surface area contributed by atoms with E-state index in [1.54, 1.807) is 31.2 Å². The van der Waals surface area contributed by atoms with Crippen LogP contribution in [0.4, 0.5) is 5.69 Å². The summed E-state index contributed by atoms with van der Waals surface area (Å²) in [5.41, 5.74) is 3.34. The average molecular weight is 325 g/mol. The summed E-state index contributed by atoms with van der Waals surface area (Å²) in [6, 6.07) is 12.8. The molecular weight excluding hydrogens is 306 g/mol. The van der Waals surface area contributed by atoms with Crippen LogP contribution in [0.25, 0.3) is 0 Å². The molecule has 1 heterocycles. The standard InChI is InChI=1S/C19H19NO4/c1-12(19(22)23)14-3-2-4-16(11-14)20-18(21)10-13-5-6-17-15(9-13)7-8-24-17/h2-6,9,11-12H,7-8,10H2,1H3,(H,20,21)(H,22,23). The number of carbonyl (C=O) groups excluding carboxylic acids is 1. The van der Waals surface area contributed by atoms with Crippen LogP contribution in [0.1, 0.15) is 29.5 Å². The Labute approximate surface area is 140 Å². The Morgan fingerprint density at radius 3 is 2.88 bits per heavy atom. The Bertz CT molecular complexity index is 785. The number of ether oxygens (including phenoxy) is 1. The maximum absolute atomic E-state index is 12.2. The summed E-state index contributed by atoms with van der Waals surface area (Å²) in [5.74, 6) is -0.735. The summed E-state index contributed by atoms with van der Waals surface area (Å²) in [4.78, 5) is 23.3. The number of carboxylic acid groups (broad SMARTS) is 1. The molecule has 0 saturated carbocycles. The summed E-state index contributed by atoms with van der Waals surface area (Å²) in [6.45, 7) is 2.31. The van der Waals surface area contributed by atoms with E-state index in [9.17, 15) is 9.59 Å². The lowest BCUT2D eigenvalue weighted by molar-refractivity contribution is -0.138. The van der Waals surface area contributed by atoms with Gasteiger partial charge in [0.2, 0.25) is 5.91 Å². The molecule has 24 heavy (non-hydrogen) atoms. The van der Waals surface area contributed by atoms with Crippen LogP contribution in [0, 0.1) is 0 Å². The van der Waals surface area contributed by atoms with Crippen LogP contribution in [0.2, 0.25) is 0 Å². The topological polar surface area (TPSA) is 75.6 Å². The Balaban J connectivity index is 1.67. The van der Waals surface area contributed by atoms with E-state index in [1.807, 2.05) is 18.2 Å². The van der Waals surface area contributed by atoms with Crippen molar-refractivity contribution in [2.75, 3.05) is 11.9 Å². The SMILES string of the molecule is CC(C(=O)O)c1cccc(NC(=O)Cc2ccc3c(c2)CCO3)c1. The van der Waals surface area contributed by atoms with Gasteiger partial charge in [-0.1, -0.05) is 24.3 Å². The highest BCUT2D eigenvalue weighted by Crippen LogP contribution is 2.26. The number of aliphatic carboxylic acids is 1. The van der Waals surface area contributed by atoms with E-state index in [0.717, 1.165) is 23.3 Å². The van der Waals surface area contributed by atoms with Crippen molar-refractivity contribution in [1.29, 1.82) is 0 Å². The van der Waals surface area contributed by atoms with E-state index in [4.69, 9.17) is 9.84 Å². The van der Waals surface area contributed by atoms with Gasteiger partial charge in [0.15, 0.2) is 0 Å². The lowest BCUT2D eigenvalue weighted by atomic mass is 10.0. The van der Waals surface area contributed by atoms with Crippen molar-refractivity contribution in [1.82, 2.24) is 0 Å². The third-order valence-corrected chi connectivity index (χ3v) is 4.16. The molecule has 3 rings (SSSR count). The highest BCUT2D eigenvalue weighted by molar-refractivity contribution is 5.92. The van der Waals surface area contributed by atoms with Crippen LogP contribution in [0.3, 0.4) is 0 Å². The predicted octanol–water partition coefficient (Wildman–Crippen LogP) is 2.99. The fourth-order valence-corrected chi connectivity index (χ4v) is 2.77. The van der Waals surface area contributed by atoms with E-state index >= 15 is 0 Å². The summed E-state index contributed by atoms with van der Waals surface area (Å²) in [5, 5.41) is 11.9. The van der Waals surface area contributed by atoms with Crippen molar-refractivity contribution in [3.8, 4) is 5.75 Å². The molecule has 5 nitrogen and oxygen atoms in total. The van der Waals surface area contributed by atoms with Gasteiger partial charge in [-0.3, -0.25) is 9.59 Å². The molecule has 1 aliphatic heterocycles. The predicted molar refractivity (Wildman–Crippen MR) is 90.5 cm³/mol. The molecule has 0 spiro atoms. The van der Waals surface area contributed by atoms with Gasteiger partial charge in [0.25, 0.3) is 0 Å². The number of benzene rings is 2. The summed E-state index contributed by atoms with van der Waals surface area (Å²) >= 11 is 0. The van der Waals surface area contributed by atoms with Gasteiger partial charge in [-0.25, -0.2) is 0 Å². The van der Waals surface area contributed by atoms with Gasteiger partial charge in [0.1, 0.15) is 5.75 Å². The Hall–Kier alpha value is -2.82. The van der Waals surface area contributed by atoms with Crippen molar-refractivity contribution in [3.63, 3.8) is 0 Å².